The highest BCUT2D eigenvalue weighted by Crippen LogP contribution is 2.48. The summed E-state index contributed by atoms with van der Waals surface area (Å²) in [6, 6.07) is 138. The van der Waals surface area contributed by atoms with Crippen molar-refractivity contribution in [2.45, 2.75) is 0 Å². The Bertz CT molecular complexity index is 8290. The van der Waals surface area contributed by atoms with E-state index in [1.54, 1.807) is 0 Å². The Morgan fingerprint density at radius 1 is 0.185 bits per heavy atom. The topological polar surface area (TPSA) is 118 Å². The molecule has 0 spiro atoms. The first-order valence-corrected chi connectivity index (χ1v) is 40.0. The van der Waals surface area contributed by atoms with Gasteiger partial charge in [0.2, 0.25) is 0 Å². The summed E-state index contributed by atoms with van der Waals surface area (Å²) in [5.41, 5.74) is 21.0. The van der Waals surface area contributed by atoms with Crippen LogP contribution in [0.3, 0.4) is 0 Å². The van der Waals surface area contributed by atoms with Crippen LogP contribution >= 0.6 is 0 Å². The number of para-hydroxylation sites is 4. The number of hydrogen-bond acceptors (Lipinski definition) is 8. The van der Waals surface area contributed by atoms with Crippen molar-refractivity contribution in [3.05, 3.63) is 394 Å². The van der Waals surface area contributed by atoms with Crippen LogP contribution in [-0.2, 0) is 0 Å². The lowest BCUT2D eigenvalue weighted by molar-refractivity contribution is 0.669. The summed E-state index contributed by atoms with van der Waals surface area (Å²) in [7, 11) is 0. The molecule has 0 N–H and O–H groups in total. The Labute approximate surface area is 680 Å². The Balaban J connectivity index is 0.000000136. The lowest BCUT2D eigenvalue weighted by Gasteiger charge is -2.12. The van der Waals surface area contributed by atoms with Crippen molar-refractivity contribution in [1.29, 1.82) is 0 Å². The quantitative estimate of drug-likeness (QED) is 0.133. The van der Waals surface area contributed by atoms with Gasteiger partial charge in [-0.3, -0.25) is 0 Å². The summed E-state index contributed by atoms with van der Waals surface area (Å²) in [4.78, 5) is 30.1. The zero-order valence-electron chi connectivity index (χ0n) is 63.9. The molecule has 0 aliphatic heterocycles. The molecule has 554 valence electrons. The first-order chi connectivity index (χ1) is 59.0. The largest absolute Gasteiger partial charge is 0.455 e. The first kappa shape index (κ1) is 67.3. The third-order valence-corrected chi connectivity index (χ3v) is 23.5. The van der Waals surface area contributed by atoms with Crippen molar-refractivity contribution in [2.24, 2.45) is 0 Å². The van der Waals surface area contributed by atoms with Gasteiger partial charge in [-0.25, -0.2) is 29.9 Å². The summed E-state index contributed by atoms with van der Waals surface area (Å²) in [6.07, 6.45) is 0. The molecular formula is C108H65N9O2. The van der Waals surface area contributed by atoms with Crippen molar-refractivity contribution in [3.63, 3.8) is 0 Å². The van der Waals surface area contributed by atoms with Crippen molar-refractivity contribution >= 4 is 142 Å². The van der Waals surface area contributed by atoms with Gasteiger partial charge in [-0.1, -0.05) is 303 Å². The van der Waals surface area contributed by atoms with E-state index >= 15 is 0 Å². The van der Waals surface area contributed by atoms with Gasteiger partial charge in [0.25, 0.3) is 0 Å². The van der Waals surface area contributed by atoms with Gasteiger partial charge in [-0.15, -0.1) is 0 Å². The molecule has 0 unspecified atom stereocenters. The van der Waals surface area contributed by atoms with Gasteiger partial charge in [-0.2, -0.15) is 0 Å². The summed E-state index contributed by atoms with van der Waals surface area (Å²) in [5.74, 6) is 3.67. The predicted molar refractivity (Wildman–Crippen MR) is 488 cm³/mol. The fourth-order valence-electron chi connectivity index (χ4n) is 18.1. The van der Waals surface area contributed by atoms with Crippen LogP contribution in [0.5, 0.6) is 0 Å². The second-order valence-electron chi connectivity index (χ2n) is 30.4. The van der Waals surface area contributed by atoms with Crippen LogP contribution in [-0.4, -0.2) is 43.6 Å². The molecule has 25 rings (SSSR count). The summed E-state index contributed by atoms with van der Waals surface area (Å²) >= 11 is 0. The van der Waals surface area contributed by atoms with Crippen LogP contribution in [0.15, 0.2) is 403 Å². The van der Waals surface area contributed by atoms with Crippen LogP contribution in [0.2, 0.25) is 0 Å². The molecule has 0 saturated heterocycles. The first-order valence-electron chi connectivity index (χ1n) is 40.0. The molecule has 0 aliphatic rings. The van der Waals surface area contributed by atoms with Crippen LogP contribution in [0.25, 0.3) is 238 Å². The molecule has 0 fully saturated rings. The van der Waals surface area contributed by atoms with E-state index in [4.69, 9.17) is 38.7 Å². The van der Waals surface area contributed by atoms with E-state index in [1.807, 2.05) is 121 Å². The smallest absolute Gasteiger partial charge is 0.167 e. The van der Waals surface area contributed by atoms with Crippen LogP contribution in [0.1, 0.15) is 0 Å². The van der Waals surface area contributed by atoms with E-state index < -0.39 is 0 Å². The van der Waals surface area contributed by atoms with Gasteiger partial charge >= 0.3 is 0 Å². The van der Waals surface area contributed by atoms with E-state index in [9.17, 15) is 0 Å². The number of fused-ring (bicyclic) bond motifs is 21. The molecule has 0 radical (unpaired) electrons. The minimum atomic E-state index is 0.557. The Morgan fingerprint density at radius 2 is 0.521 bits per heavy atom. The van der Waals surface area contributed by atoms with E-state index in [2.05, 4.69) is 287 Å². The van der Waals surface area contributed by atoms with Crippen molar-refractivity contribution in [3.8, 4) is 96.5 Å². The maximum atomic E-state index is 6.96. The molecule has 0 saturated carbocycles. The highest BCUT2D eigenvalue weighted by atomic mass is 16.3. The number of aromatic nitrogens is 9. The number of hydrogen-bond donors (Lipinski definition) is 0. The average molecular weight is 1520 g/mol. The SMILES string of the molecule is c1ccc(-c2nc(-c3ccccc3)nc(-c3cc4ccccc4c4c3oc3ccc(-n5c6ccccc6c6ccc7c8ccccc8n(-c8ccccc8)c7c65)cc34)n2)cc1.c1ccc(-c2nc(-c3ccccc3)nc(-c3ccc(-c4cc5ccccc5c5c4oc4ccc(-n6c7ccccc7c7cc8ccccc8cc76)cc45)cc3)n2)cc1. The van der Waals surface area contributed by atoms with Crippen molar-refractivity contribution in [2.75, 3.05) is 0 Å². The van der Waals surface area contributed by atoms with E-state index in [-0.39, 0.29) is 0 Å². The molecular weight excluding hydrogens is 1460 g/mol. The van der Waals surface area contributed by atoms with Crippen LogP contribution in [0, 0.1) is 0 Å². The van der Waals surface area contributed by atoms with Crippen LogP contribution < -0.4 is 0 Å². The second kappa shape index (κ2) is 27.2. The average Bonchev–Trinajstić information content (AvgIpc) is 1.55. The minimum Gasteiger partial charge on any atom is -0.455 e. The van der Waals surface area contributed by atoms with Gasteiger partial charge < -0.3 is 22.5 Å². The lowest BCUT2D eigenvalue weighted by Crippen LogP contribution is -2.00. The zero-order valence-corrected chi connectivity index (χ0v) is 63.9. The van der Waals surface area contributed by atoms with E-state index in [1.165, 1.54) is 65.2 Å². The summed E-state index contributed by atoms with van der Waals surface area (Å²) in [6.45, 7) is 0. The van der Waals surface area contributed by atoms with Crippen molar-refractivity contribution in [1.82, 2.24) is 43.6 Å². The Hall–Kier alpha value is -16.2. The molecule has 18 aromatic carbocycles. The van der Waals surface area contributed by atoms with Crippen molar-refractivity contribution < 1.29 is 8.83 Å². The second-order valence-corrected chi connectivity index (χ2v) is 30.4. The molecule has 0 bridgehead atoms. The Morgan fingerprint density at radius 3 is 0.992 bits per heavy atom. The fourth-order valence-corrected chi connectivity index (χ4v) is 18.1. The highest BCUT2D eigenvalue weighted by Gasteiger charge is 2.27. The summed E-state index contributed by atoms with van der Waals surface area (Å²) < 4.78 is 21.1. The standard InChI is InChI=1S/C55H33N5O.C53H32N4O/c1-4-16-34(17-5-1)53-56-54(35-18-6-2-7-19-35)58-55(57-53)45-32-36-20-10-11-23-39(36)49-44-33-38(28-31-48(44)61-52(45)49)60-47-27-15-13-25-41(47)43-30-29-42-40-24-12-14-26-46(40)59(50(42)51(43)60)37-21-8-3-9-22-37;1-3-13-34(14-4-1)51-54-52(35-15-5-2-6-16-35)56-53(55-51)36-25-23-33(24-26-36)43-30-39-19-9-10-20-41(39)49-45-32-40(27-28-48(45)58-50(43)49)57-46-22-12-11-21-42(46)44-29-37-17-7-8-18-38(37)31-47(44)57/h1-33H;1-32H. The number of rotatable bonds is 10. The molecule has 25 aromatic rings. The monoisotopic (exact) mass is 1520 g/mol. The molecule has 11 nitrogen and oxygen atoms in total. The zero-order chi connectivity index (χ0) is 78.2. The van der Waals surface area contributed by atoms with Gasteiger partial charge in [-0.05, 0) is 129 Å². The van der Waals surface area contributed by atoms with Crippen LogP contribution in [0.4, 0.5) is 0 Å². The molecule has 11 heteroatoms. The molecule has 0 amide bonds. The van der Waals surface area contributed by atoms with Gasteiger partial charge in [0.1, 0.15) is 22.3 Å². The summed E-state index contributed by atoms with van der Waals surface area (Å²) in [5, 5.41) is 18.5. The third-order valence-electron chi connectivity index (χ3n) is 23.5. The molecule has 0 atom stereocenters. The van der Waals surface area contributed by atoms with E-state index in [0.717, 1.165) is 138 Å². The lowest BCUT2D eigenvalue weighted by atomic mass is 9.95. The minimum absolute atomic E-state index is 0.557. The molecule has 7 aromatic heterocycles. The fraction of sp³-hybridized carbons (Fsp3) is 0. The molecule has 7 heterocycles. The molecule has 119 heavy (non-hydrogen) atoms. The normalized spacial score (nSPS) is 11.9. The van der Waals surface area contributed by atoms with E-state index in [0.29, 0.717) is 34.9 Å². The third kappa shape index (κ3) is 11.0. The number of furan rings is 2. The predicted octanol–water partition coefficient (Wildman–Crippen LogP) is 28.0. The maximum absolute atomic E-state index is 6.96. The van der Waals surface area contributed by atoms with Gasteiger partial charge in [0.05, 0.1) is 38.7 Å². The molecule has 0 aliphatic carbocycles. The van der Waals surface area contributed by atoms with Gasteiger partial charge in [0.15, 0.2) is 34.9 Å². The maximum Gasteiger partial charge on any atom is 0.167 e. The number of nitrogens with zero attached hydrogens (tertiary/aromatic N) is 9. The van der Waals surface area contributed by atoms with Gasteiger partial charge in [0, 0.05) is 104 Å². The number of benzene rings is 18. The highest BCUT2D eigenvalue weighted by molar-refractivity contribution is 6.27. The Kier molecular flexibility index (Phi) is 15.4.